The lowest BCUT2D eigenvalue weighted by molar-refractivity contribution is 0.415. The highest BCUT2D eigenvalue weighted by Crippen LogP contribution is 2.30. The number of anilines is 1. The number of thiophene rings is 1. The lowest BCUT2D eigenvalue weighted by Gasteiger charge is -2.10. The fourth-order valence-corrected chi connectivity index (χ4v) is 4.40. The second kappa shape index (κ2) is 6.30. The Hall–Kier alpha value is -1.16. The number of rotatable bonds is 5. The fourth-order valence-electron chi connectivity index (χ4n) is 1.50. The second-order valence-electron chi connectivity index (χ2n) is 3.93. The Balaban J connectivity index is 2.34. The minimum absolute atomic E-state index is 0.139. The number of nitrogens with two attached hydrogens (primary N) is 1. The molecule has 1 aromatic carbocycles. The maximum Gasteiger partial charge on any atom is 0.271 e. The number of nitrogens with one attached hydrogen (secondary N) is 1. The van der Waals surface area contributed by atoms with Crippen LogP contribution >= 0.6 is 39.5 Å². The SMILES string of the molecule is COc1ccc(Br)c(NS(=O)(=O)c2ccc(C(N)=S)s2)c1. The minimum atomic E-state index is -3.71. The van der Waals surface area contributed by atoms with Gasteiger partial charge in [0.15, 0.2) is 0 Å². The van der Waals surface area contributed by atoms with E-state index in [0.717, 1.165) is 11.3 Å². The molecule has 112 valence electrons. The normalized spacial score (nSPS) is 11.1. The van der Waals surface area contributed by atoms with Crippen LogP contribution in [-0.4, -0.2) is 20.5 Å². The van der Waals surface area contributed by atoms with Crippen molar-refractivity contribution in [3.05, 3.63) is 39.7 Å². The van der Waals surface area contributed by atoms with Crippen LogP contribution in [0.15, 0.2) is 39.0 Å². The van der Waals surface area contributed by atoms with E-state index in [1.165, 1.54) is 13.2 Å². The number of sulfonamides is 1. The first-order chi connectivity index (χ1) is 9.83. The van der Waals surface area contributed by atoms with Gasteiger partial charge < -0.3 is 10.5 Å². The molecule has 0 amide bonds. The van der Waals surface area contributed by atoms with Gasteiger partial charge in [-0.15, -0.1) is 11.3 Å². The quantitative estimate of drug-likeness (QED) is 0.745. The van der Waals surface area contributed by atoms with E-state index in [0.29, 0.717) is 20.8 Å². The number of benzene rings is 1. The molecule has 0 saturated heterocycles. The Labute approximate surface area is 140 Å². The molecule has 0 aliphatic rings. The van der Waals surface area contributed by atoms with Gasteiger partial charge in [-0.2, -0.15) is 0 Å². The van der Waals surface area contributed by atoms with Crippen molar-refractivity contribution in [2.75, 3.05) is 11.8 Å². The molecule has 2 rings (SSSR count). The number of methoxy groups -OCH3 is 1. The Kier molecular flexibility index (Phi) is 4.87. The highest BCUT2D eigenvalue weighted by atomic mass is 79.9. The van der Waals surface area contributed by atoms with Gasteiger partial charge in [-0.25, -0.2) is 8.42 Å². The fraction of sp³-hybridized carbons (Fsp3) is 0.0833. The van der Waals surface area contributed by atoms with Gasteiger partial charge in [-0.05, 0) is 40.2 Å². The second-order valence-corrected chi connectivity index (χ2v) is 8.22. The summed E-state index contributed by atoms with van der Waals surface area (Å²) in [7, 11) is -2.20. The highest BCUT2D eigenvalue weighted by Gasteiger charge is 2.19. The standard InChI is InChI=1S/C12H11BrN2O3S3/c1-18-7-2-3-8(13)9(6-7)15-21(16,17)11-5-4-10(20-11)12(14)19/h2-6,15H,1H3,(H2,14,19). The van der Waals surface area contributed by atoms with Gasteiger partial charge in [0.05, 0.1) is 17.7 Å². The molecule has 21 heavy (non-hydrogen) atoms. The first kappa shape index (κ1) is 16.2. The van der Waals surface area contributed by atoms with Crippen molar-refractivity contribution in [1.29, 1.82) is 0 Å². The van der Waals surface area contributed by atoms with Crippen molar-refractivity contribution in [2.24, 2.45) is 5.73 Å². The van der Waals surface area contributed by atoms with E-state index in [1.54, 1.807) is 24.3 Å². The van der Waals surface area contributed by atoms with Gasteiger partial charge >= 0.3 is 0 Å². The zero-order valence-corrected chi connectivity index (χ0v) is 14.8. The van der Waals surface area contributed by atoms with Crippen molar-refractivity contribution < 1.29 is 13.2 Å². The zero-order chi connectivity index (χ0) is 15.6. The molecule has 9 heteroatoms. The van der Waals surface area contributed by atoms with E-state index in [4.69, 9.17) is 22.7 Å². The maximum atomic E-state index is 12.3. The van der Waals surface area contributed by atoms with Crippen LogP contribution in [-0.2, 0) is 10.0 Å². The maximum absolute atomic E-state index is 12.3. The van der Waals surface area contributed by atoms with Crippen LogP contribution in [0.1, 0.15) is 4.88 Å². The van der Waals surface area contributed by atoms with Crippen LogP contribution in [0.5, 0.6) is 5.75 Å². The van der Waals surface area contributed by atoms with Crippen LogP contribution < -0.4 is 15.2 Å². The summed E-state index contributed by atoms with van der Waals surface area (Å²) in [5.74, 6) is 0.547. The summed E-state index contributed by atoms with van der Waals surface area (Å²) in [5, 5.41) is 0. The third kappa shape index (κ3) is 3.73. The molecule has 0 radical (unpaired) electrons. The van der Waals surface area contributed by atoms with Gasteiger partial charge in [-0.3, -0.25) is 4.72 Å². The van der Waals surface area contributed by atoms with Crippen molar-refractivity contribution in [3.63, 3.8) is 0 Å². The smallest absolute Gasteiger partial charge is 0.271 e. The van der Waals surface area contributed by atoms with Crippen LogP contribution in [0.4, 0.5) is 5.69 Å². The molecule has 2 aromatic rings. The molecule has 3 N–H and O–H groups in total. The summed E-state index contributed by atoms with van der Waals surface area (Å²) >= 11 is 9.14. The zero-order valence-electron chi connectivity index (χ0n) is 10.8. The Morgan fingerprint density at radius 2 is 2.10 bits per heavy atom. The number of hydrogen-bond acceptors (Lipinski definition) is 5. The van der Waals surface area contributed by atoms with Crippen molar-refractivity contribution >= 4 is 60.2 Å². The summed E-state index contributed by atoms with van der Waals surface area (Å²) in [6.07, 6.45) is 0. The van der Waals surface area contributed by atoms with Crippen LogP contribution in [0.25, 0.3) is 0 Å². The van der Waals surface area contributed by atoms with E-state index in [2.05, 4.69) is 20.7 Å². The van der Waals surface area contributed by atoms with Crippen LogP contribution in [0.2, 0.25) is 0 Å². The molecule has 0 spiro atoms. The largest absolute Gasteiger partial charge is 0.497 e. The minimum Gasteiger partial charge on any atom is -0.497 e. The number of ether oxygens (including phenoxy) is 1. The first-order valence-electron chi connectivity index (χ1n) is 5.59. The molecule has 5 nitrogen and oxygen atoms in total. The molecule has 0 aliphatic carbocycles. The Morgan fingerprint density at radius 1 is 1.38 bits per heavy atom. The third-order valence-corrected chi connectivity index (χ3v) is 6.52. The monoisotopic (exact) mass is 406 g/mol. The molecule has 0 unspecified atom stereocenters. The number of halogens is 1. The van der Waals surface area contributed by atoms with E-state index < -0.39 is 10.0 Å². The number of thiocarbonyl (C=S) groups is 1. The molecule has 1 heterocycles. The molecule has 0 atom stereocenters. The van der Waals surface area contributed by atoms with Gasteiger partial charge in [0.25, 0.3) is 10.0 Å². The molecule has 0 aliphatic heterocycles. The summed E-state index contributed by atoms with van der Waals surface area (Å²) in [6.45, 7) is 0. The molecule has 0 saturated carbocycles. The van der Waals surface area contributed by atoms with Gasteiger partial charge in [0.2, 0.25) is 0 Å². The van der Waals surface area contributed by atoms with E-state index in [9.17, 15) is 8.42 Å². The van der Waals surface area contributed by atoms with Gasteiger partial charge in [0, 0.05) is 10.5 Å². The molecule has 0 bridgehead atoms. The van der Waals surface area contributed by atoms with E-state index in [1.807, 2.05) is 0 Å². The van der Waals surface area contributed by atoms with Crippen molar-refractivity contribution in [1.82, 2.24) is 0 Å². The Morgan fingerprint density at radius 3 is 2.67 bits per heavy atom. The van der Waals surface area contributed by atoms with E-state index >= 15 is 0 Å². The highest BCUT2D eigenvalue weighted by molar-refractivity contribution is 9.10. The Bertz CT molecular complexity index is 787. The van der Waals surface area contributed by atoms with Crippen molar-refractivity contribution in [2.45, 2.75) is 4.21 Å². The molecule has 0 fully saturated rings. The predicted molar refractivity (Wildman–Crippen MR) is 91.7 cm³/mol. The van der Waals surface area contributed by atoms with Gasteiger partial charge in [-0.1, -0.05) is 12.2 Å². The van der Waals surface area contributed by atoms with Crippen LogP contribution in [0.3, 0.4) is 0 Å². The topological polar surface area (TPSA) is 81.4 Å². The average molecular weight is 407 g/mol. The molecular formula is C12H11BrN2O3S3. The summed E-state index contributed by atoms with van der Waals surface area (Å²) < 4.78 is 33.0. The third-order valence-electron chi connectivity index (χ3n) is 2.51. The molecule has 1 aromatic heterocycles. The summed E-state index contributed by atoms with van der Waals surface area (Å²) in [4.78, 5) is 0.721. The first-order valence-corrected chi connectivity index (χ1v) is 9.09. The van der Waals surface area contributed by atoms with Gasteiger partial charge in [0.1, 0.15) is 14.9 Å². The summed E-state index contributed by atoms with van der Waals surface area (Å²) in [5.41, 5.74) is 5.88. The number of hydrogen-bond donors (Lipinski definition) is 2. The lowest BCUT2D eigenvalue weighted by Crippen LogP contribution is -2.12. The predicted octanol–water partition coefficient (Wildman–Crippen LogP) is 2.95. The molecular weight excluding hydrogens is 396 g/mol. The van der Waals surface area contributed by atoms with E-state index in [-0.39, 0.29) is 9.20 Å². The van der Waals surface area contributed by atoms with Crippen molar-refractivity contribution in [3.8, 4) is 5.75 Å². The van der Waals surface area contributed by atoms with Crippen LogP contribution in [0, 0.1) is 0 Å². The average Bonchev–Trinajstić information content (AvgIpc) is 2.92. The lowest BCUT2D eigenvalue weighted by atomic mass is 10.3. The summed E-state index contributed by atoms with van der Waals surface area (Å²) in [6, 6.07) is 8.06.